The van der Waals surface area contributed by atoms with Crippen molar-refractivity contribution in [3.05, 3.63) is 18.2 Å². The summed E-state index contributed by atoms with van der Waals surface area (Å²) in [4.78, 5) is 15.3. The molecule has 1 aromatic heterocycles. The van der Waals surface area contributed by atoms with Crippen molar-refractivity contribution in [1.29, 1.82) is 0 Å². The van der Waals surface area contributed by atoms with Gasteiger partial charge in [0.15, 0.2) is 0 Å². The summed E-state index contributed by atoms with van der Waals surface area (Å²) >= 11 is 0. The minimum absolute atomic E-state index is 0.0468. The minimum atomic E-state index is -2.74. The fourth-order valence-corrected chi connectivity index (χ4v) is 2.44. The molecule has 0 atom stereocenters. The number of nitrogens with zero attached hydrogens (tertiary/aromatic N) is 2. The lowest BCUT2D eigenvalue weighted by molar-refractivity contribution is -0.149. The first-order chi connectivity index (χ1) is 7.87. The highest BCUT2D eigenvalue weighted by Crippen LogP contribution is 2.45. The van der Waals surface area contributed by atoms with Crippen molar-refractivity contribution >= 4 is 5.97 Å². The van der Waals surface area contributed by atoms with Crippen LogP contribution in [0.2, 0.25) is 0 Å². The molecule has 0 saturated heterocycles. The monoisotopic (exact) mass is 244 g/mol. The molecule has 0 aromatic carbocycles. The Kier molecular flexibility index (Phi) is 2.67. The summed E-state index contributed by atoms with van der Waals surface area (Å²) in [5.74, 6) is -3.78. The molecular weight excluding hydrogens is 230 g/mol. The Morgan fingerprint density at radius 1 is 1.41 bits per heavy atom. The molecular formula is C11H14F2N2O2. The average Bonchev–Trinajstić information content (AvgIpc) is 2.65. The van der Waals surface area contributed by atoms with Crippen LogP contribution < -0.4 is 0 Å². The molecule has 2 rings (SSSR count). The molecule has 6 heteroatoms. The van der Waals surface area contributed by atoms with Gasteiger partial charge in [-0.05, 0) is 12.8 Å². The van der Waals surface area contributed by atoms with Crippen LogP contribution in [0.1, 0.15) is 31.4 Å². The first-order valence-corrected chi connectivity index (χ1v) is 5.45. The number of aromatic nitrogens is 2. The lowest BCUT2D eigenvalue weighted by Gasteiger charge is -2.36. The van der Waals surface area contributed by atoms with Crippen molar-refractivity contribution in [3.63, 3.8) is 0 Å². The second-order valence-corrected chi connectivity index (χ2v) is 4.63. The van der Waals surface area contributed by atoms with E-state index in [9.17, 15) is 18.7 Å². The summed E-state index contributed by atoms with van der Waals surface area (Å²) in [6.45, 7) is 0. The molecule has 1 heterocycles. The Bertz CT molecular complexity index is 432. The van der Waals surface area contributed by atoms with Crippen LogP contribution >= 0.6 is 0 Å². The standard InChI is InChI=1S/C11H14F2N2O2/c1-15-7-14-6-8(15)10(9(16)17)2-4-11(12,13)5-3-10/h6-7H,2-5H2,1H3,(H,16,17). The molecule has 0 spiro atoms. The molecule has 1 N–H and O–H groups in total. The van der Waals surface area contributed by atoms with Crippen LogP contribution in [0.3, 0.4) is 0 Å². The fraction of sp³-hybridized carbons (Fsp3) is 0.636. The zero-order valence-electron chi connectivity index (χ0n) is 9.49. The van der Waals surface area contributed by atoms with E-state index in [1.54, 1.807) is 11.6 Å². The zero-order valence-corrected chi connectivity index (χ0v) is 9.49. The highest BCUT2D eigenvalue weighted by molar-refractivity contribution is 5.80. The van der Waals surface area contributed by atoms with Crippen LogP contribution in [-0.4, -0.2) is 26.5 Å². The lowest BCUT2D eigenvalue weighted by Crippen LogP contribution is -2.43. The normalized spacial score (nSPS) is 22.3. The highest BCUT2D eigenvalue weighted by Gasteiger charge is 2.50. The maximum atomic E-state index is 13.1. The van der Waals surface area contributed by atoms with Crippen molar-refractivity contribution in [1.82, 2.24) is 9.55 Å². The molecule has 0 bridgehead atoms. The molecule has 0 unspecified atom stereocenters. The average molecular weight is 244 g/mol. The molecule has 0 amide bonds. The van der Waals surface area contributed by atoms with E-state index < -0.39 is 17.3 Å². The Labute approximate surface area is 97.3 Å². The lowest BCUT2D eigenvalue weighted by atomic mass is 9.70. The highest BCUT2D eigenvalue weighted by atomic mass is 19.3. The summed E-state index contributed by atoms with van der Waals surface area (Å²) in [5.41, 5.74) is -0.715. The second-order valence-electron chi connectivity index (χ2n) is 4.63. The largest absolute Gasteiger partial charge is 0.481 e. The van der Waals surface area contributed by atoms with Gasteiger partial charge in [-0.1, -0.05) is 0 Å². The third-order valence-corrected chi connectivity index (χ3v) is 3.55. The van der Waals surface area contributed by atoms with Crippen molar-refractivity contribution in [2.24, 2.45) is 7.05 Å². The number of hydrogen-bond donors (Lipinski definition) is 1. The van der Waals surface area contributed by atoms with Crippen LogP contribution in [0.4, 0.5) is 8.78 Å². The fourth-order valence-electron chi connectivity index (χ4n) is 2.44. The number of carboxylic acids is 1. The predicted octanol–water partition coefficient (Wildman–Crippen LogP) is 1.95. The smallest absolute Gasteiger partial charge is 0.315 e. The van der Waals surface area contributed by atoms with Gasteiger partial charge in [0.1, 0.15) is 5.41 Å². The Hall–Kier alpha value is -1.46. The van der Waals surface area contributed by atoms with Gasteiger partial charge < -0.3 is 9.67 Å². The summed E-state index contributed by atoms with van der Waals surface area (Å²) in [6, 6.07) is 0. The minimum Gasteiger partial charge on any atom is -0.481 e. The number of carboxylic acid groups (broad SMARTS) is 1. The number of rotatable bonds is 2. The first kappa shape index (κ1) is 12.0. The molecule has 1 aliphatic rings. The predicted molar refractivity (Wildman–Crippen MR) is 55.9 cm³/mol. The zero-order chi connectivity index (χ0) is 12.7. The third-order valence-electron chi connectivity index (χ3n) is 3.55. The SMILES string of the molecule is Cn1cncc1C1(C(=O)O)CCC(F)(F)CC1. The number of alkyl halides is 2. The van der Waals surface area contributed by atoms with Gasteiger partial charge in [-0.25, -0.2) is 13.8 Å². The molecule has 1 aromatic rings. The van der Waals surface area contributed by atoms with E-state index in [-0.39, 0.29) is 25.7 Å². The van der Waals surface area contributed by atoms with E-state index in [1.165, 1.54) is 12.5 Å². The number of hydrogen-bond acceptors (Lipinski definition) is 2. The van der Waals surface area contributed by atoms with Crippen molar-refractivity contribution < 1.29 is 18.7 Å². The maximum Gasteiger partial charge on any atom is 0.315 e. The molecule has 17 heavy (non-hydrogen) atoms. The van der Waals surface area contributed by atoms with E-state index in [0.717, 1.165) is 0 Å². The summed E-state index contributed by atoms with van der Waals surface area (Å²) < 4.78 is 27.9. The number of carbonyl (C=O) groups is 1. The van der Waals surface area contributed by atoms with Crippen molar-refractivity contribution in [2.75, 3.05) is 0 Å². The third kappa shape index (κ3) is 1.92. The number of imidazole rings is 1. The van der Waals surface area contributed by atoms with Gasteiger partial charge in [-0.15, -0.1) is 0 Å². The van der Waals surface area contributed by atoms with E-state index in [2.05, 4.69) is 4.98 Å². The van der Waals surface area contributed by atoms with Gasteiger partial charge in [0.05, 0.1) is 12.0 Å². The quantitative estimate of drug-likeness (QED) is 0.865. The molecule has 1 aliphatic carbocycles. The van der Waals surface area contributed by atoms with Crippen molar-refractivity contribution in [3.8, 4) is 0 Å². The number of aliphatic carboxylic acids is 1. The number of aryl methyl sites for hydroxylation is 1. The number of halogens is 2. The maximum absolute atomic E-state index is 13.1. The molecule has 4 nitrogen and oxygen atoms in total. The van der Waals surface area contributed by atoms with E-state index in [1.807, 2.05) is 0 Å². The van der Waals surface area contributed by atoms with E-state index in [0.29, 0.717) is 5.69 Å². The van der Waals surface area contributed by atoms with Crippen LogP contribution in [0, 0.1) is 0 Å². The Morgan fingerprint density at radius 3 is 2.41 bits per heavy atom. The first-order valence-electron chi connectivity index (χ1n) is 5.45. The van der Waals surface area contributed by atoms with Crippen molar-refractivity contribution in [2.45, 2.75) is 37.0 Å². The topological polar surface area (TPSA) is 55.1 Å². The van der Waals surface area contributed by atoms with Gasteiger partial charge in [0.2, 0.25) is 5.92 Å². The molecule has 0 radical (unpaired) electrons. The molecule has 94 valence electrons. The summed E-state index contributed by atoms with van der Waals surface area (Å²) in [7, 11) is 1.68. The van der Waals surface area contributed by atoms with Gasteiger partial charge in [0.25, 0.3) is 0 Å². The second kappa shape index (κ2) is 3.78. The molecule has 0 aliphatic heterocycles. The molecule has 1 fully saturated rings. The van der Waals surface area contributed by atoms with Gasteiger partial charge >= 0.3 is 5.97 Å². The van der Waals surface area contributed by atoms with Crippen LogP contribution in [-0.2, 0) is 17.3 Å². The van der Waals surface area contributed by atoms with Gasteiger partial charge in [-0.2, -0.15) is 0 Å². The van der Waals surface area contributed by atoms with Crippen LogP contribution in [0.25, 0.3) is 0 Å². The Balaban J connectivity index is 2.37. The van der Waals surface area contributed by atoms with Gasteiger partial charge in [0, 0.05) is 26.1 Å². The Morgan fingerprint density at radius 2 is 2.00 bits per heavy atom. The molecule has 1 saturated carbocycles. The van der Waals surface area contributed by atoms with Crippen LogP contribution in [0.5, 0.6) is 0 Å². The van der Waals surface area contributed by atoms with E-state index >= 15 is 0 Å². The van der Waals surface area contributed by atoms with E-state index in [4.69, 9.17) is 0 Å². The summed E-state index contributed by atoms with van der Waals surface area (Å²) in [5, 5.41) is 9.37. The van der Waals surface area contributed by atoms with Crippen LogP contribution in [0.15, 0.2) is 12.5 Å². The summed E-state index contributed by atoms with van der Waals surface area (Å²) in [6.07, 6.45) is 2.09. The van der Waals surface area contributed by atoms with Gasteiger partial charge in [-0.3, -0.25) is 4.79 Å².